The standard InChI is InChI=1S/C14H21ClN2O2S/c1-9(2)11-6-17(5-10-3-4-13(15)20-10)7-12(11)16-14(19)8-18/h3-4,9,11-12,18H,5-8H2,1-2H3,(H,16,19)/t11-,12+/m0/s1. The fourth-order valence-corrected chi connectivity index (χ4v) is 3.91. The topological polar surface area (TPSA) is 52.6 Å². The van der Waals surface area contributed by atoms with Crippen molar-refractivity contribution in [2.75, 3.05) is 19.7 Å². The van der Waals surface area contributed by atoms with Gasteiger partial charge in [-0.25, -0.2) is 0 Å². The average molecular weight is 317 g/mol. The number of aliphatic hydroxyl groups excluding tert-OH is 1. The molecule has 2 heterocycles. The zero-order chi connectivity index (χ0) is 14.7. The van der Waals surface area contributed by atoms with Gasteiger partial charge >= 0.3 is 0 Å². The largest absolute Gasteiger partial charge is 0.387 e. The molecule has 2 N–H and O–H groups in total. The number of thiophene rings is 1. The van der Waals surface area contributed by atoms with E-state index in [1.165, 1.54) is 4.88 Å². The second-order valence-corrected chi connectivity index (χ2v) is 7.44. The summed E-state index contributed by atoms with van der Waals surface area (Å²) >= 11 is 7.56. The van der Waals surface area contributed by atoms with E-state index >= 15 is 0 Å². The molecule has 1 aromatic heterocycles. The number of nitrogens with zero attached hydrogens (tertiary/aromatic N) is 1. The summed E-state index contributed by atoms with van der Waals surface area (Å²) in [6, 6.07) is 4.09. The summed E-state index contributed by atoms with van der Waals surface area (Å²) in [6.45, 7) is 6.56. The van der Waals surface area contributed by atoms with Gasteiger partial charge in [0.1, 0.15) is 6.61 Å². The van der Waals surface area contributed by atoms with Gasteiger partial charge < -0.3 is 10.4 Å². The van der Waals surface area contributed by atoms with Crippen molar-refractivity contribution in [1.82, 2.24) is 10.2 Å². The minimum absolute atomic E-state index is 0.116. The van der Waals surface area contributed by atoms with Gasteiger partial charge in [0, 0.05) is 30.6 Å². The van der Waals surface area contributed by atoms with Gasteiger partial charge in [-0.3, -0.25) is 9.69 Å². The summed E-state index contributed by atoms with van der Waals surface area (Å²) in [7, 11) is 0. The molecule has 20 heavy (non-hydrogen) atoms. The Morgan fingerprint density at radius 2 is 2.30 bits per heavy atom. The number of nitrogens with one attached hydrogen (secondary N) is 1. The Morgan fingerprint density at radius 3 is 2.85 bits per heavy atom. The number of rotatable bonds is 5. The van der Waals surface area contributed by atoms with E-state index in [0.717, 1.165) is 24.0 Å². The lowest BCUT2D eigenvalue weighted by Crippen LogP contribution is -2.43. The lowest BCUT2D eigenvalue weighted by atomic mass is 9.91. The van der Waals surface area contributed by atoms with Gasteiger partial charge in [0.15, 0.2) is 0 Å². The number of aliphatic hydroxyl groups is 1. The third-order valence-corrected chi connectivity index (χ3v) is 5.01. The van der Waals surface area contributed by atoms with Crippen LogP contribution in [0.5, 0.6) is 0 Å². The highest BCUT2D eigenvalue weighted by molar-refractivity contribution is 7.16. The zero-order valence-corrected chi connectivity index (χ0v) is 13.4. The molecule has 1 aliphatic rings. The van der Waals surface area contributed by atoms with Crippen molar-refractivity contribution in [3.05, 3.63) is 21.3 Å². The van der Waals surface area contributed by atoms with E-state index in [2.05, 4.69) is 30.1 Å². The van der Waals surface area contributed by atoms with Crippen LogP contribution < -0.4 is 5.32 Å². The van der Waals surface area contributed by atoms with Crippen LogP contribution in [0.3, 0.4) is 0 Å². The SMILES string of the molecule is CC(C)[C@@H]1CN(Cc2ccc(Cl)s2)C[C@H]1NC(=O)CO. The fraction of sp³-hybridized carbons (Fsp3) is 0.643. The number of carbonyl (C=O) groups is 1. The van der Waals surface area contributed by atoms with Gasteiger partial charge in [0.05, 0.1) is 4.34 Å². The number of halogens is 1. The van der Waals surface area contributed by atoms with Crippen molar-refractivity contribution < 1.29 is 9.90 Å². The summed E-state index contributed by atoms with van der Waals surface area (Å²) in [6.07, 6.45) is 0. The van der Waals surface area contributed by atoms with Gasteiger partial charge in [0.2, 0.25) is 5.91 Å². The lowest BCUT2D eigenvalue weighted by Gasteiger charge is -2.22. The summed E-state index contributed by atoms with van der Waals surface area (Å²) in [5, 5.41) is 11.8. The molecule has 0 bridgehead atoms. The minimum Gasteiger partial charge on any atom is -0.387 e. The van der Waals surface area contributed by atoms with Crippen LogP contribution in [0.4, 0.5) is 0 Å². The number of amides is 1. The molecule has 1 fully saturated rings. The molecule has 1 saturated heterocycles. The molecule has 0 radical (unpaired) electrons. The lowest BCUT2D eigenvalue weighted by molar-refractivity contribution is -0.124. The third kappa shape index (κ3) is 3.95. The van der Waals surface area contributed by atoms with Crippen LogP contribution in [-0.4, -0.2) is 41.7 Å². The number of carbonyl (C=O) groups excluding carboxylic acids is 1. The molecule has 0 aromatic carbocycles. The zero-order valence-electron chi connectivity index (χ0n) is 11.8. The van der Waals surface area contributed by atoms with Crippen LogP contribution in [0.1, 0.15) is 18.7 Å². The van der Waals surface area contributed by atoms with E-state index in [1.54, 1.807) is 11.3 Å². The van der Waals surface area contributed by atoms with Crippen LogP contribution >= 0.6 is 22.9 Å². The van der Waals surface area contributed by atoms with Crippen molar-refractivity contribution >= 4 is 28.8 Å². The Labute approximate surface area is 128 Å². The smallest absolute Gasteiger partial charge is 0.245 e. The Balaban J connectivity index is 1.98. The van der Waals surface area contributed by atoms with Crippen LogP contribution in [0, 0.1) is 11.8 Å². The minimum atomic E-state index is -0.443. The van der Waals surface area contributed by atoms with Crippen molar-refractivity contribution in [3.8, 4) is 0 Å². The van der Waals surface area contributed by atoms with Gasteiger partial charge in [-0.15, -0.1) is 11.3 Å². The quantitative estimate of drug-likeness (QED) is 0.873. The first-order chi connectivity index (χ1) is 9.49. The van der Waals surface area contributed by atoms with E-state index in [4.69, 9.17) is 16.7 Å². The summed E-state index contributed by atoms with van der Waals surface area (Å²) in [5.41, 5.74) is 0. The number of hydrogen-bond donors (Lipinski definition) is 2. The van der Waals surface area contributed by atoms with Crippen molar-refractivity contribution in [2.45, 2.75) is 26.4 Å². The molecule has 6 heteroatoms. The first kappa shape index (κ1) is 15.8. The predicted octanol–water partition coefficient (Wildman–Crippen LogP) is 1.97. The number of likely N-dealkylation sites (tertiary alicyclic amines) is 1. The van der Waals surface area contributed by atoms with Crippen molar-refractivity contribution in [2.24, 2.45) is 11.8 Å². The first-order valence-electron chi connectivity index (χ1n) is 6.86. The molecule has 1 amide bonds. The summed E-state index contributed by atoms with van der Waals surface area (Å²) in [4.78, 5) is 15.0. The monoisotopic (exact) mass is 316 g/mol. The molecule has 1 aliphatic heterocycles. The summed E-state index contributed by atoms with van der Waals surface area (Å²) in [5.74, 6) is 0.624. The van der Waals surface area contributed by atoms with E-state index in [-0.39, 0.29) is 11.9 Å². The molecular formula is C14H21ClN2O2S. The van der Waals surface area contributed by atoms with Crippen LogP contribution in [0.25, 0.3) is 0 Å². The van der Waals surface area contributed by atoms with Crippen LogP contribution in [0.2, 0.25) is 4.34 Å². The molecule has 0 spiro atoms. The molecule has 2 atom stereocenters. The molecule has 0 saturated carbocycles. The first-order valence-corrected chi connectivity index (χ1v) is 8.06. The highest BCUT2D eigenvalue weighted by Gasteiger charge is 2.35. The Hall–Kier alpha value is -0.620. The predicted molar refractivity (Wildman–Crippen MR) is 82.0 cm³/mol. The maximum Gasteiger partial charge on any atom is 0.245 e. The number of hydrogen-bond acceptors (Lipinski definition) is 4. The molecule has 2 rings (SSSR count). The molecular weight excluding hydrogens is 296 g/mol. The van der Waals surface area contributed by atoms with Gasteiger partial charge in [-0.2, -0.15) is 0 Å². The third-order valence-electron chi connectivity index (χ3n) is 3.80. The van der Waals surface area contributed by atoms with Crippen molar-refractivity contribution in [1.29, 1.82) is 0 Å². The Bertz CT molecular complexity index is 464. The molecule has 4 nitrogen and oxygen atoms in total. The molecule has 0 aliphatic carbocycles. The fourth-order valence-electron chi connectivity index (χ4n) is 2.78. The Morgan fingerprint density at radius 1 is 1.55 bits per heavy atom. The van der Waals surface area contributed by atoms with Gasteiger partial charge in [0.25, 0.3) is 0 Å². The second kappa shape index (κ2) is 6.89. The van der Waals surface area contributed by atoms with Gasteiger partial charge in [-0.05, 0) is 24.0 Å². The highest BCUT2D eigenvalue weighted by Crippen LogP contribution is 2.28. The van der Waals surface area contributed by atoms with Crippen LogP contribution in [0.15, 0.2) is 12.1 Å². The average Bonchev–Trinajstić information content (AvgIpc) is 2.96. The van der Waals surface area contributed by atoms with Crippen molar-refractivity contribution in [3.63, 3.8) is 0 Å². The van der Waals surface area contributed by atoms with E-state index < -0.39 is 6.61 Å². The van der Waals surface area contributed by atoms with E-state index in [1.807, 2.05) is 6.07 Å². The maximum absolute atomic E-state index is 11.4. The van der Waals surface area contributed by atoms with E-state index in [9.17, 15) is 4.79 Å². The molecule has 0 unspecified atom stereocenters. The molecule has 1 aromatic rings. The second-order valence-electron chi connectivity index (χ2n) is 5.64. The molecule has 112 valence electrons. The van der Waals surface area contributed by atoms with E-state index in [0.29, 0.717) is 11.8 Å². The highest BCUT2D eigenvalue weighted by atomic mass is 35.5. The normalized spacial score (nSPS) is 23.4. The van der Waals surface area contributed by atoms with Gasteiger partial charge in [-0.1, -0.05) is 25.4 Å². The van der Waals surface area contributed by atoms with Crippen LogP contribution in [-0.2, 0) is 11.3 Å². The Kier molecular flexibility index (Phi) is 5.43. The maximum atomic E-state index is 11.4. The summed E-state index contributed by atoms with van der Waals surface area (Å²) < 4.78 is 0.810.